The molecule has 0 atom stereocenters. The van der Waals surface area contributed by atoms with Crippen molar-refractivity contribution in [1.82, 2.24) is 33.7 Å². The number of methoxy groups -OCH3 is 1. The molecule has 0 unspecified atom stereocenters. The summed E-state index contributed by atoms with van der Waals surface area (Å²) < 4.78 is 34.4. The van der Waals surface area contributed by atoms with Gasteiger partial charge in [0.15, 0.2) is 5.54 Å². The van der Waals surface area contributed by atoms with Crippen molar-refractivity contribution < 1.29 is 13.2 Å². The van der Waals surface area contributed by atoms with Crippen molar-refractivity contribution in [2.24, 2.45) is 0 Å². The lowest BCUT2D eigenvalue weighted by Crippen LogP contribution is -2.39. The zero-order chi connectivity index (χ0) is 38.4. The van der Waals surface area contributed by atoms with Crippen molar-refractivity contribution in [2.75, 3.05) is 21.2 Å². The topological polar surface area (TPSA) is 108 Å². The Balaban J connectivity index is 1.27. The first-order chi connectivity index (χ1) is 26.8. The molecule has 7 rings (SSSR count). The van der Waals surface area contributed by atoms with Crippen LogP contribution in [0.4, 0.5) is 0 Å². The van der Waals surface area contributed by atoms with Crippen molar-refractivity contribution in [3.05, 3.63) is 179 Å². The number of tetrazole rings is 1. The lowest BCUT2D eigenvalue weighted by Gasteiger charge is -2.34. The Kier molecular flexibility index (Phi) is 11.1. The maximum Gasteiger partial charge on any atom is 0.322 e. The molecule has 0 saturated carbocycles. The molecule has 2 aromatic heterocycles. The molecule has 0 bridgehead atoms. The van der Waals surface area contributed by atoms with E-state index in [2.05, 4.69) is 78.8 Å². The van der Waals surface area contributed by atoms with Gasteiger partial charge in [-0.25, -0.2) is 0 Å². The van der Waals surface area contributed by atoms with Crippen LogP contribution in [0.3, 0.4) is 0 Å². The molecule has 2 heterocycles. The van der Waals surface area contributed by atoms with Crippen molar-refractivity contribution in [2.45, 2.75) is 44.8 Å². The highest BCUT2D eigenvalue weighted by Gasteiger charge is 2.41. The number of benzene rings is 5. The van der Waals surface area contributed by atoms with Crippen molar-refractivity contribution in [3.63, 3.8) is 0 Å². The van der Waals surface area contributed by atoms with Crippen LogP contribution < -0.4 is 0 Å². The Morgan fingerprint density at radius 2 is 1.25 bits per heavy atom. The van der Waals surface area contributed by atoms with E-state index in [0.29, 0.717) is 24.4 Å². The minimum absolute atomic E-state index is 0.126. The van der Waals surface area contributed by atoms with Crippen LogP contribution in [0.15, 0.2) is 140 Å². The quantitative estimate of drug-likeness (QED) is 0.0986. The maximum absolute atomic E-state index is 13.3. The van der Waals surface area contributed by atoms with Crippen LogP contribution in [0.5, 0.6) is 0 Å². The molecule has 11 heteroatoms. The number of unbranched alkanes of at least 4 members (excludes halogenated alkanes) is 1. The summed E-state index contributed by atoms with van der Waals surface area (Å²) in [5, 5.41) is 19.3. The first-order valence-electron chi connectivity index (χ1n) is 18.5. The van der Waals surface area contributed by atoms with Gasteiger partial charge in [-0.15, -0.1) is 19.1 Å². The van der Waals surface area contributed by atoms with Crippen LogP contribution in [0.2, 0.25) is 0 Å². The fourth-order valence-corrected chi connectivity index (χ4v) is 8.12. The van der Waals surface area contributed by atoms with E-state index in [0.717, 1.165) is 67.1 Å². The van der Waals surface area contributed by atoms with Gasteiger partial charge in [0.1, 0.15) is 0 Å². The SMILES string of the molecule is CCCCc1nn(S(=O)(=O)N(C)C)c(COC)c1Cc1ccc(-c2ccccc2-c2nnn(C(c3ccccc3)(c3ccccc3)c3ccccc3)n2)cc1. The number of nitrogens with zero attached hydrogens (tertiary/aromatic N) is 7. The van der Waals surface area contributed by atoms with E-state index in [1.807, 2.05) is 72.8 Å². The molecule has 7 aromatic rings. The van der Waals surface area contributed by atoms with Gasteiger partial charge in [-0.05, 0) is 51.4 Å². The third kappa shape index (κ3) is 7.26. The standard InChI is InChI=1S/C44H45N7O3S/c1-5-6-26-41-40(42(32-54-4)50(46-41)55(52,53)49(2)3)31-33-27-29-34(30-28-33)38-24-16-17-25-39(38)43-45-48-51(47-43)44(35-18-10-7-11-19-35,36-20-12-8-13-21-36)37-22-14-9-15-23-37/h7-25,27-30H,5-6,26,31-32H2,1-4H3. The number of aromatic nitrogens is 6. The number of rotatable bonds is 15. The van der Waals surface area contributed by atoms with Crippen molar-refractivity contribution >= 4 is 10.2 Å². The van der Waals surface area contributed by atoms with E-state index >= 15 is 0 Å². The van der Waals surface area contributed by atoms with Gasteiger partial charge in [-0.3, -0.25) is 0 Å². The van der Waals surface area contributed by atoms with Crippen LogP contribution in [0.25, 0.3) is 22.5 Å². The molecule has 0 aliphatic heterocycles. The van der Waals surface area contributed by atoms with Gasteiger partial charge < -0.3 is 4.74 Å². The van der Waals surface area contributed by atoms with Gasteiger partial charge in [0.25, 0.3) is 0 Å². The molecule has 0 N–H and O–H groups in total. The second kappa shape index (κ2) is 16.3. The van der Waals surface area contributed by atoms with Crippen LogP contribution >= 0.6 is 0 Å². The van der Waals surface area contributed by atoms with E-state index in [1.165, 1.54) is 18.4 Å². The van der Waals surface area contributed by atoms with Gasteiger partial charge in [0.05, 0.1) is 18.0 Å². The number of hydrogen-bond acceptors (Lipinski definition) is 7. The Labute approximate surface area is 323 Å². The summed E-state index contributed by atoms with van der Waals surface area (Å²) in [5.41, 5.74) is 8.19. The van der Waals surface area contributed by atoms with Crippen LogP contribution in [0, 0.1) is 0 Å². The highest BCUT2D eigenvalue weighted by molar-refractivity contribution is 7.87. The Morgan fingerprint density at radius 1 is 0.709 bits per heavy atom. The highest BCUT2D eigenvalue weighted by atomic mass is 32.2. The minimum atomic E-state index is -3.84. The monoisotopic (exact) mass is 751 g/mol. The molecule has 0 fully saturated rings. The summed E-state index contributed by atoms with van der Waals surface area (Å²) >= 11 is 0. The summed E-state index contributed by atoms with van der Waals surface area (Å²) in [6, 6.07) is 47.3. The molecule has 0 amide bonds. The third-order valence-corrected chi connectivity index (χ3v) is 11.6. The molecule has 0 spiro atoms. The van der Waals surface area contributed by atoms with E-state index in [-0.39, 0.29) is 6.61 Å². The molecule has 5 aromatic carbocycles. The average Bonchev–Trinajstić information content (AvgIpc) is 3.85. The molecule has 55 heavy (non-hydrogen) atoms. The maximum atomic E-state index is 13.3. The highest BCUT2D eigenvalue weighted by Crippen LogP contribution is 2.40. The van der Waals surface area contributed by atoms with Gasteiger partial charge in [-0.2, -0.15) is 17.8 Å². The Morgan fingerprint density at radius 3 is 1.78 bits per heavy atom. The normalized spacial score (nSPS) is 12.0. The zero-order valence-electron chi connectivity index (χ0n) is 31.6. The predicted molar refractivity (Wildman–Crippen MR) is 216 cm³/mol. The fraction of sp³-hybridized carbons (Fsp3) is 0.227. The second-order valence-electron chi connectivity index (χ2n) is 13.7. The van der Waals surface area contributed by atoms with E-state index in [1.54, 1.807) is 11.9 Å². The average molecular weight is 752 g/mol. The van der Waals surface area contributed by atoms with Crippen molar-refractivity contribution in [1.29, 1.82) is 0 Å². The smallest absolute Gasteiger partial charge is 0.322 e. The van der Waals surface area contributed by atoms with E-state index < -0.39 is 15.7 Å². The fourth-order valence-electron chi connectivity index (χ4n) is 7.17. The third-order valence-electron chi connectivity index (χ3n) is 9.97. The zero-order valence-corrected chi connectivity index (χ0v) is 32.4. The number of ether oxygens (including phenoxy) is 1. The summed E-state index contributed by atoms with van der Waals surface area (Å²) in [5.74, 6) is 0.506. The lowest BCUT2D eigenvalue weighted by atomic mass is 9.77. The molecule has 0 saturated heterocycles. The molecule has 0 radical (unpaired) electrons. The molecule has 280 valence electrons. The summed E-state index contributed by atoms with van der Waals surface area (Å²) in [6.07, 6.45) is 3.06. The largest absolute Gasteiger partial charge is 0.378 e. The first-order valence-corrected chi connectivity index (χ1v) is 19.9. The molecule has 0 aliphatic carbocycles. The Bertz CT molecular complexity index is 2350. The second-order valence-corrected chi connectivity index (χ2v) is 15.6. The molecular formula is C44H45N7O3S. The summed E-state index contributed by atoms with van der Waals surface area (Å²) in [6.45, 7) is 2.24. The van der Waals surface area contributed by atoms with Gasteiger partial charge in [-0.1, -0.05) is 153 Å². The molecular weight excluding hydrogens is 707 g/mol. The van der Waals surface area contributed by atoms with E-state index in [4.69, 9.17) is 20.1 Å². The van der Waals surface area contributed by atoms with Gasteiger partial charge >= 0.3 is 10.2 Å². The van der Waals surface area contributed by atoms with Crippen molar-refractivity contribution in [3.8, 4) is 22.5 Å². The van der Waals surface area contributed by atoms with Gasteiger partial charge in [0, 0.05) is 38.8 Å². The lowest BCUT2D eigenvalue weighted by molar-refractivity contribution is 0.179. The molecule has 0 aliphatic rings. The molecule has 10 nitrogen and oxygen atoms in total. The number of hydrogen-bond donors (Lipinski definition) is 0. The van der Waals surface area contributed by atoms with Crippen LogP contribution in [-0.4, -0.2) is 63.3 Å². The van der Waals surface area contributed by atoms with E-state index in [9.17, 15) is 8.42 Å². The minimum Gasteiger partial charge on any atom is -0.378 e. The van der Waals surface area contributed by atoms with Crippen LogP contribution in [0.1, 0.15) is 59.0 Å². The predicted octanol–water partition coefficient (Wildman–Crippen LogP) is 7.78. The van der Waals surface area contributed by atoms with Gasteiger partial charge in [0.2, 0.25) is 5.82 Å². The Hall–Kier alpha value is -5.75. The summed E-state index contributed by atoms with van der Waals surface area (Å²) in [7, 11) is 0.755. The van der Waals surface area contributed by atoms with Crippen LogP contribution in [-0.2, 0) is 39.9 Å². The number of aryl methyl sites for hydroxylation is 1. The summed E-state index contributed by atoms with van der Waals surface area (Å²) in [4.78, 5) is 1.74. The first kappa shape index (κ1) is 37.6.